The number of fused-ring (bicyclic) bond motifs is 1. The topological polar surface area (TPSA) is 30.5 Å². The fraction of sp³-hybridized carbons (Fsp3) is 0.571. The van der Waals surface area contributed by atoms with Gasteiger partial charge in [0, 0.05) is 13.8 Å². The molecule has 0 radical (unpaired) electrons. The lowest BCUT2D eigenvalue weighted by Crippen LogP contribution is -2.29. The second kappa shape index (κ2) is 3.91. The lowest BCUT2D eigenvalue weighted by Gasteiger charge is -2.23. The molecule has 17 heavy (non-hydrogen) atoms. The number of nitrogens with one attached hydrogen (secondary N) is 1. The molecular weight excluding hydrogens is 214 g/mol. The van der Waals surface area contributed by atoms with E-state index in [1.54, 1.807) is 0 Å². The lowest BCUT2D eigenvalue weighted by atomic mass is 9.90. The summed E-state index contributed by atoms with van der Waals surface area (Å²) in [6.07, 6.45) is 2.42. The summed E-state index contributed by atoms with van der Waals surface area (Å²) in [5.41, 5.74) is 1.38. The summed E-state index contributed by atoms with van der Waals surface area (Å²) < 4.78 is 11.5. The van der Waals surface area contributed by atoms with Crippen LogP contribution < -0.4 is 14.8 Å². The van der Waals surface area contributed by atoms with Gasteiger partial charge in [0.1, 0.15) is 0 Å². The van der Waals surface area contributed by atoms with Crippen LogP contribution in [0.2, 0.25) is 0 Å². The van der Waals surface area contributed by atoms with Gasteiger partial charge in [-0.25, -0.2) is 0 Å². The summed E-state index contributed by atoms with van der Waals surface area (Å²) in [6.45, 7) is 6.11. The summed E-state index contributed by atoms with van der Waals surface area (Å²) in [5.74, 6) is 1.90. The Morgan fingerprint density at radius 1 is 1.12 bits per heavy atom. The van der Waals surface area contributed by atoms with E-state index >= 15 is 0 Å². The molecule has 0 amide bonds. The highest BCUT2D eigenvalue weighted by molar-refractivity contribution is 5.46. The van der Waals surface area contributed by atoms with Gasteiger partial charge < -0.3 is 14.8 Å². The molecule has 1 aromatic carbocycles. The number of rotatable bonds is 1. The molecule has 0 unspecified atom stereocenters. The Hall–Kier alpha value is -1.22. The van der Waals surface area contributed by atoms with Crippen LogP contribution in [-0.4, -0.2) is 18.9 Å². The van der Waals surface area contributed by atoms with Crippen LogP contribution in [0.1, 0.15) is 38.2 Å². The minimum Gasteiger partial charge on any atom is -0.449 e. The summed E-state index contributed by atoms with van der Waals surface area (Å²) in [7, 11) is 0. The molecule has 0 aliphatic carbocycles. The van der Waals surface area contributed by atoms with Crippen molar-refractivity contribution in [3.05, 3.63) is 23.8 Å². The van der Waals surface area contributed by atoms with Crippen LogP contribution in [0.4, 0.5) is 0 Å². The van der Waals surface area contributed by atoms with Crippen LogP contribution in [0.25, 0.3) is 0 Å². The summed E-state index contributed by atoms with van der Waals surface area (Å²) in [6, 6.07) is 6.38. The van der Waals surface area contributed by atoms with Gasteiger partial charge in [-0.3, -0.25) is 0 Å². The second-order valence-electron chi connectivity index (χ2n) is 5.33. The Balaban J connectivity index is 1.85. The quantitative estimate of drug-likeness (QED) is 0.809. The van der Waals surface area contributed by atoms with Crippen LogP contribution in [0.5, 0.6) is 11.5 Å². The Bertz CT molecular complexity index is 422. The molecule has 0 saturated carbocycles. The molecule has 0 aromatic heterocycles. The Labute approximate surface area is 102 Å². The summed E-state index contributed by atoms with van der Waals surface area (Å²) >= 11 is 0. The molecular formula is C14H19NO2. The maximum absolute atomic E-state index is 5.79. The van der Waals surface area contributed by atoms with E-state index in [-0.39, 0.29) is 0 Å². The van der Waals surface area contributed by atoms with E-state index in [4.69, 9.17) is 9.47 Å². The highest BCUT2D eigenvalue weighted by Gasteiger charge is 2.32. The number of piperidine rings is 1. The Morgan fingerprint density at radius 2 is 1.82 bits per heavy atom. The normalized spacial score (nSPS) is 22.7. The van der Waals surface area contributed by atoms with Gasteiger partial charge in [0.05, 0.1) is 0 Å². The predicted octanol–water partition coefficient (Wildman–Crippen LogP) is 2.66. The molecule has 92 valence electrons. The van der Waals surface area contributed by atoms with E-state index in [1.165, 1.54) is 18.4 Å². The van der Waals surface area contributed by atoms with Crippen molar-refractivity contribution < 1.29 is 9.47 Å². The van der Waals surface area contributed by atoms with E-state index < -0.39 is 5.79 Å². The molecule has 3 heteroatoms. The van der Waals surface area contributed by atoms with Gasteiger partial charge in [-0.2, -0.15) is 0 Å². The molecule has 1 saturated heterocycles. The van der Waals surface area contributed by atoms with Gasteiger partial charge in [0.25, 0.3) is 0 Å². The Morgan fingerprint density at radius 3 is 2.59 bits per heavy atom. The van der Waals surface area contributed by atoms with E-state index in [1.807, 2.05) is 19.9 Å². The monoisotopic (exact) mass is 233 g/mol. The van der Waals surface area contributed by atoms with Gasteiger partial charge >= 0.3 is 0 Å². The van der Waals surface area contributed by atoms with E-state index in [2.05, 4.69) is 17.4 Å². The average molecular weight is 233 g/mol. The third-order valence-electron chi connectivity index (χ3n) is 3.49. The van der Waals surface area contributed by atoms with Gasteiger partial charge in [0.15, 0.2) is 11.5 Å². The zero-order chi connectivity index (χ0) is 11.9. The van der Waals surface area contributed by atoms with E-state index in [9.17, 15) is 0 Å². The van der Waals surface area contributed by atoms with Crippen molar-refractivity contribution in [2.24, 2.45) is 0 Å². The zero-order valence-corrected chi connectivity index (χ0v) is 10.5. The van der Waals surface area contributed by atoms with Gasteiger partial charge in [-0.05, 0) is 49.5 Å². The summed E-state index contributed by atoms with van der Waals surface area (Å²) in [4.78, 5) is 0. The fourth-order valence-electron chi connectivity index (χ4n) is 2.65. The number of hydrogen-bond acceptors (Lipinski definition) is 3. The van der Waals surface area contributed by atoms with Crippen molar-refractivity contribution in [3.63, 3.8) is 0 Å². The first-order valence-electron chi connectivity index (χ1n) is 6.37. The minimum absolute atomic E-state index is 0.519. The molecule has 1 N–H and O–H groups in total. The van der Waals surface area contributed by atoms with Gasteiger partial charge in [0.2, 0.25) is 5.79 Å². The third kappa shape index (κ3) is 2.12. The standard InChI is InChI=1S/C14H19NO2/c1-14(2)16-12-4-3-11(9-13(12)17-14)10-5-7-15-8-6-10/h3-4,9-10,15H,5-8H2,1-2H3. The van der Waals surface area contributed by atoms with Crippen molar-refractivity contribution in [2.45, 2.75) is 38.4 Å². The third-order valence-corrected chi connectivity index (χ3v) is 3.49. The molecule has 3 rings (SSSR count). The molecule has 2 aliphatic rings. The molecule has 1 fully saturated rings. The highest BCUT2D eigenvalue weighted by atomic mass is 16.7. The molecule has 3 nitrogen and oxygen atoms in total. The highest BCUT2D eigenvalue weighted by Crippen LogP contribution is 2.41. The molecule has 1 aromatic rings. The largest absolute Gasteiger partial charge is 0.449 e. The van der Waals surface area contributed by atoms with Crippen molar-refractivity contribution in [3.8, 4) is 11.5 Å². The maximum atomic E-state index is 5.79. The van der Waals surface area contributed by atoms with Crippen molar-refractivity contribution >= 4 is 0 Å². The smallest absolute Gasteiger partial charge is 0.246 e. The molecule has 2 aliphatic heterocycles. The Kier molecular flexibility index (Phi) is 2.51. The summed E-state index contributed by atoms with van der Waals surface area (Å²) in [5, 5.41) is 3.39. The SMILES string of the molecule is CC1(C)Oc2ccc(C3CCNCC3)cc2O1. The minimum atomic E-state index is -0.519. The molecule has 2 heterocycles. The first-order valence-corrected chi connectivity index (χ1v) is 6.37. The first-order chi connectivity index (χ1) is 8.14. The predicted molar refractivity (Wildman–Crippen MR) is 66.6 cm³/mol. The van der Waals surface area contributed by atoms with Crippen LogP contribution >= 0.6 is 0 Å². The van der Waals surface area contributed by atoms with Crippen LogP contribution in [0.15, 0.2) is 18.2 Å². The maximum Gasteiger partial charge on any atom is 0.246 e. The van der Waals surface area contributed by atoms with Crippen molar-refractivity contribution in [2.75, 3.05) is 13.1 Å². The van der Waals surface area contributed by atoms with Crippen molar-refractivity contribution in [1.82, 2.24) is 5.32 Å². The fourth-order valence-corrected chi connectivity index (χ4v) is 2.65. The van der Waals surface area contributed by atoms with Crippen molar-refractivity contribution in [1.29, 1.82) is 0 Å². The van der Waals surface area contributed by atoms with E-state index in [0.29, 0.717) is 5.92 Å². The molecule has 0 bridgehead atoms. The molecule has 0 spiro atoms. The average Bonchev–Trinajstić information content (AvgIpc) is 2.63. The van der Waals surface area contributed by atoms with Gasteiger partial charge in [-0.1, -0.05) is 6.07 Å². The number of ether oxygens (including phenoxy) is 2. The second-order valence-corrected chi connectivity index (χ2v) is 5.33. The van der Waals surface area contributed by atoms with Crippen LogP contribution in [-0.2, 0) is 0 Å². The van der Waals surface area contributed by atoms with Gasteiger partial charge in [-0.15, -0.1) is 0 Å². The van der Waals surface area contributed by atoms with Crippen LogP contribution in [0.3, 0.4) is 0 Å². The zero-order valence-electron chi connectivity index (χ0n) is 10.5. The number of hydrogen-bond donors (Lipinski definition) is 1. The lowest BCUT2D eigenvalue weighted by molar-refractivity contribution is -0.0431. The van der Waals surface area contributed by atoms with Crippen LogP contribution in [0, 0.1) is 0 Å². The number of benzene rings is 1. The van der Waals surface area contributed by atoms with E-state index in [0.717, 1.165) is 24.6 Å². The molecule has 0 atom stereocenters. The first kappa shape index (κ1) is 10.9.